The van der Waals surface area contributed by atoms with Crippen molar-refractivity contribution in [3.63, 3.8) is 0 Å². The second-order valence-electron chi connectivity index (χ2n) is 6.79. The molecule has 8 heteroatoms. The molecule has 0 fully saturated rings. The third kappa shape index (κ3) is 5.26. The number of carbonyl (C=O) groups is 1. The summed E-state index contributed by atoms with van der Waals surface area (Å²) in [6.07, 6.45) is 1.62. The van der Waals surface area contributed by atoms with Gasteiger partial charge in [-0.05, 0) is 82.3 Å². The zero-order valence-electron chi connectivity index (χ0n) is 16.8. The molecule has 0 unspecified atom stereocenters. The van der Waals surface area contributed by atoms with Crippen molar-refractivity contribution in [2.24, 2.45) is 4.99 Å². The van der Waals surface area contributed by atoms with Crippen LogP contribution in [0.3, 0.4) is 0 Å². The van der Waals surface area contributed by atoms with E-state index in [2.05, 4.69) is 33.6 Å². The number of methoxy groups -OCH3 is 1. The lowest BCUT2D eigenvalue weighted by atomic mass is 10.1. The number of halogens is 3. The molecule has 1 heterocycles. The normalized spacial score (nSPS) is 14.3. The van der Waals surface area contributed by atoms with E-state index in [0.717, 1.165) is 14.7 Å². The van der Waals surface area contributed by atoms with Crippen LogP contribution in [0.1, 0.15) is 16.7 Å². The Hall–Kier alpha value is -2.55. The Kier molecular flexibility index (Phi) is 7.03. The first-order valence-corrected chi connectivity index (χ1v) is 11.3. The molecule has 162 valence electrons. The molecule has 32 heavy (non-hydrogen) atoms. The second kappa shape index (κ2) is 9.94. The second-order valence-corrected chi connectivity index (χ2v) is 8.85. The Morgan fingerprint density at radius 1 is 1.03 bits per heavy atom. The van der Waals surface area contributed by atoms with E-state index in [1.165, 1.54) is 0 Å². The highest BCUT2D eigenvalue weighted by Gasteiger charge is 2.24. The van der Waals surface area contributed by atoms with Gasteiger partial charge in [-0.15, -0.1) is 0 Å². The molecule has 0 spiro atoms. The molecule has 4 rings (SSSR count). The van der Waals surface area contributed by atoms with E-state index in [9.17, 15) is 4.79 Å². The lowest BCUT2D eigenvalue weighted by molar-refractivity contribution is -0.129. The first-order valence-electron chi connectivity index (χ1n) is 9.46. The van der Waals surface area contributed by atoms with Gasteiger partial charge in [0, 0.05) is 9.13 Å². The monoisotopic (exact) mass is 579 g/mol. The van der Waals surface area contributed by atoms with Gasteiger partial charge in [0.25, 0.3) is 0 Å². The molecule has 0 saturated heterocycles. The lowest BCUT2D eigenvalue weighted by Crippen LogP contribution is -2.05. The van der Waals surface area contributed by atoms with Gasteiger partial charge in [0.1, 0.15) is 6.61 Å². The largest absolute Gasteiger partial charge is 0.493 e. The minimum atomic E-state index is -0.552. The van der Waals surface area contributed by atoms with Crippen LogP contribution in [0.25, 0.3) is 6.08 Å². The van der Waals surface area contributed by atoms with Gasteiger partial charge < -0.3 is 14.2 Å². The molecule has 3 aromatic carbocycles. The minimum Gasteiger partial charge on any atom is -0.493 e. The van der Waals surface area contributed by atoms with Crippen LogP contribution in [-0.2, 0) is 16.1 Å². The maximum absolute atomic E-state index is 12.3. The predicted octanol–water partition coefficient (Wildman–Crippen LogP) is 6.53. The maximum atomic E-state index is 12.3. The summed E-state index contributed by atoms with van der Waals surface area (Å²) >= 11 is 14.3. The number of hydrogen-bond acceptors (Lipinski definition) is 5. The molecular weight excluding hydrogens is 564 g/mol. The zero-order chi connectivity index (χ0) is 22.7. The van der Waals surface area contributed by atoms with Gasteiger partial charge in [-0.2, -0.15) is 0 Å². The van der Waals surface area contributed by atoms with Crippen molar-refractivity contribution >= 4 is 63.7 Å². The molecule has 1 aliphatic rings. The third-order valence-electron chi connectivity index (χ3n) is 4.56. The van der Waals surface area contributed by atoms with Gasteiger partial charge in [0.05, 0.1) is 17.2 Å². The Morgan fingerprint density at radius 2 is 1.88 bits per heavy atom. The van der Waals surface area contributed by atoms with E-state index >= 15 is 0 Å². The van der Waals surface area contributed by atoms with Crippen molar-refractivity contribution in [2.45, 2.75) is 6.61 Å². The average Bonchev–Trinajstić information content (AvgIpc) is 3.14. The molecule has 0 amide bonds. The zero-order valence-corrected chi connectivity index (χ0v) is 20.4. The molecule has 0 bridgehead atoms. The fourth-order valence-electron chi connectivity index (χ4n) is 3.00. The number of nitrogens with zero attached hydrogens (tertiary/aromatic N) is 1. The standard InChI is InChI=1S/C24H16Cl2INO4/c1-30-22-11-14(5-8-21(22)31-13-15-3-2-4-17(27)9-15)10-20-24(29)32-23(28-20)16-6-7-18(25)19(26)12-16/h2-12H,13H2,1H3/b20-10-. The highest BCUT2D eigenvalue weighted by atomic mass is 127. The third-order valence-corrected chi connectivity index (χ3v) is 5.97. The quantitative estimate of drug-likeness (QED) is 0.189. The molecule has 0 atom stereocenters. The number of benzene rings is 3. The number of aliphatic imine (C=N–C) groups is 1. The summed E-state index contributed by atoms with van der Waals surface area (Å²) in [5, 5.41) is 0.762. The van der Waals surface area contributed by atoms with Gasteiger partial charge in [-0.1, -0.05) is 41.4 Å². The average molecular weight is 580 g/mol. The summed E-state index contributed by atoms with van der Waals surface area (Å²) in [6.45, 7) is 0.414. The van der Waals surface area contributed by atoms with Gasteiger partial charge >= 0.3 is 5.97 Å². The number of carbonyl (C=O) groups excluding carboxylic acids is 1. The van der Waals surface area contributed by atoms with Crippen LogP contribution in [0.15, 0.2) is 71.4 Å². The van der Waals surface area contributed by atoms with Crippen LogP contribution < -0.4 is 9.47 Å². The molecule has 3 aromatic rings. The summed E-state index contributed by atoms with van der Waals surface area (Å²) < 4.78 is 17.8. The molecule has 0 N–H and O–H groups in total. The van der Waals surface area contributed by atoms with Gasteiger partial charge in [0.15, 0.2) is 17.2 Å². The molecule has 0 aromatic heterocycles. The lowest BCUT2D eigenvalue weighted by Gasteiger charge is -2.11. The number of rotatable bonds is 6. The minimum absolute atomic E-state index is 0.167. The van der Waals surface area contributed by atoms with Crippen LogP contribution >= 0.6 is 45.8 Å². The Balaban J connectivity index is 1.54. The number of esters is 1. The fourth-order valence-corrected chi connectivity index (χ4v) is 3.91. The summed E-state index contributed by atoms with van der Waals surface area (Å²) in [7, 11) is 1.56. The van der Waals surface area contributed by atoms with Crippen molar-refractivity contribution in [1.29, 1.82) is 0 Å². The molecule has 0 aliphatic carbocycles. The predicted molar refractivity (Wildman–Crippen MR) is 134 cm³/mol. The molecule has 5 nitrogen and oxygen atoms in total. The first-order chi connectivity index (χ1) is 15.4. The fraction of sp³-hybridized carbons (Fsp3) is 0.0833. The number of cyclic esters (lactones) is 1. The van der Waals surface area contributed by atoms with E-state index in [4.69, 9.17) is 37.4 Å². The van der Waals surface area contributed by atoms with E-state index in [1.807, 2.05) is 24.3 Å². The van der Waals surface area contributed by atoms with E-state index in [1.54, 1.807) is 43.5 Å². The van der Waals surface area contributed by atoms with Crippen molar-refractivity contribution in [1.82, 2.24) is 0 Å². The smallest absolute Gasteiger partial charge is 0.363 e. The first kappa shape index (κ1) is 22.6. The maximum Gasteiger partial charge on any atom is 0.363 e. The van der Waals surface area contributed by atoms with Crippen molar-refractivity contribution < 1.29 is 19.0 Å². The Bertz CT molecular complexity index is 1260. The Labute approximate surface area is 208 Å². The van der Waals surface area contributed by atoms with Crippen LogP contribution in [0.5, 0.6) is 11.5 Å². The topological polar surface area (TPSA) is 57.1 Å². The summed E-state index contributed by atoms with van der Waals surface area (Å²) in [6, 6.07) is 18.4. The van der Waals surface area contributed by atoms with Gasteiger partial charge in [0.2, 0.25) is 5.90 Å². The number of ether oxygens (including phenoxy) is 3. The van der Waals surface area contributed by atoms with Crippen molar-refractivity contribution in [3.8, 4) is 11.5 Å². The van der Waals surface area contributed by atoms with Gasteiger partial charge in [-0.3, -0.25) is 0 Å². The SMILES string of the molecule is COc1cc(/C=C2\N=C(c3ccc(Cl)c(Cl)c3)OC2=O)ccc1OCc1cccc(I)c1. The van der Waals surface area contributed by atoms with Crippen LogP contribution in [0.2, 0.25) is 10.0 Å². The van der Waals surface area contributed by atoms with Crippen LogP contribution in [0, 0.1) is 3.57 Å². The molecule has 0 radical (unpaired) electrons. The number of hydrogen-bond donors (Lipinski definition) is 0. The van der Waals surface area contributed by atoms with Crippen LogP contribution in [-0.4, -0.2) is 19.0 Å². The summed E-state index contributed by atoms with van der Waals surface area (Å²) in [4.78, 5) is 16.6. The highest BCUT2D eigenvalue weighted by molar-refractivity contribution is 14.1. The summed E-state index contributed by atoms with van der Waals surface area (Å²) in [5.74, 6) is 0.765. The highest BCUT2D eigenvalue weighted by Crippen LogP contribution is 2.31. The molecule has 0 saturated carbocycles. The molecular formula is C24H16Cl2INO4. The Morgan fingerprint density at radius 3 is 2.62 bits per heavy atom. The summed E-state index contributed by atoms with van der Waals surface area (Å²) in [5.41, 5.74) is 2.51. The van der Waals surface area contributed by atoms with Crippen LogP contribution in [0.4, 0.5) is 0 Å². The van der Waals surface area contributed by atoms with Crippen molar-refractivity contribution in [2.75, 3.05) is 7.11 Å². The van der Waals surface area contributed by atoms with E-state index < -0.39 is 5.97 Å². The van der Waals surface area contributed by atoms with Crippen molar-refractivity contribution in [3.05, 3.63) is 96.7 Å². The van der Waals surface area contributed by atoms with E-state index in [-0.39, 0.29) is 11.6 Å². The molecule has 1 aliphatic heterocycles. The van der Waals surface area contributed by atoms with E-state index in [0.29, 0.717) is 33.7 Å². The van der Waals surface area contributed by atoms with Gasteiger partial charge in [-0.25, -0.2) is 9.79 Å².